The van der Waals surface area contributed by atoms with E-state index in [1.54, 1.807) is 24.8 Å². The molecule has 2 fully saturated rings. The Hall–Kier alpha value is -4.01. The Balaban J connectivity index is 1.46. The highest BCUT2D eigenvalue weighted by Crippen LogP contribution is 2.40. The first-order chi connectivity index (χ1) is 20.0. The fraction of sp³-hybridized carbons (Fsp3) is 0.440. The third-order valence-electron chi connectivity index (χ3n) is 7.08. The average molecular weight is 618 g/mol. The molecule has 1 amide bonds. The maximum atomic E-state index is 13.4. The number of nitrogens with one attached hydrogen (secondary N) is 1. The number of nitriles is 1. The second-order valence-corrected chi connectivity index (χ2v) is 13.0. The van der Waals surface area contributed by atoms with Gasteiger partial charge in [0.2, 0.25) is 15.2 Å². The normalized spacial score (nSPS) is 16.9. The molecule has 1 N–H and O–H groups in total. The maximum absolute atomic E-state index is 13.4. The van der Waals surface area contributed by atoms with Crippen LogP contribution in [0.15, 0.2) is 29.4 Å². The van der Waals surface area contributed by atoms with Crippen LogP contribution in [0.4, 0.5) is 19.4 Å². The van der Waals surface area contributed by atoms with Crippen LogP contribution >= 0.6 is 11.3 Å². The van der Waals surface area contributed by atoms with Gasteiger partial charge in [-0.25, -0.2) is 32.0 Å². The number of halogens is 2. The Morgan fingerprint density at radius 3 is 2.52 bits per heavy atom. The molecule has 1 aliphatic heterocycles. The summed E-state index contributed by atoms with van der Waals surface area (Å²) in [4.78, 5) is 24.8. The first kappa shape index (κ1) is 28.1. The predicted molar refractivity (Wildman–Crippen MR) is 148 cm³/mol. The van der Waals surface area contributed by atoms with E-state index in [0.29, 0.717) is 78.1 Å². The summed E-state index contributed by atoms with van der Waals surface area (Å²) in [5.74, 6) is 0.536. The smallest absolute Gasteiger partial charge is 0.410 e. The Labute approximate surface area is 242 Å². The van der Waals surface area contributed by atoms with Crippen LogP contribution in [0.2, 0.25) is 0 Å². The molecule has 13 nitrogen and oxygen atoms in total. The summed E-state index contributed by atoms with van der Waals surface area (Å²) in [6.07, 6.45) is -1.32. The van der Waals surface area contributed by atoms with Gasteiger partial charge in [-0.1, -0.05) is 17.4 Å². The second-order valence-electron chi connectivity index (χ2n) is 10.3. The number of aromatic nitrogens is 5. The summed E-state index contributed by atoms with van der Waals surface area (Å²) in [5, 5.41) is 17.7. The van der Waals surface area contributed by atoms with Gasteiger partial charge in [-0.05, 0) is 38.8 Å². The molecule has 1 saturated heterocycles. The number of hydrogen-bond donors (Lipinski definition) is 1. The van der Waals surface area contributed by atoms with Gasteiger partial charge in [0.25, 0.3) is 6.43 Å². The van der Waals surface area contributed by atoms with Gasteiger partial charge in [0.1, 0.15) is 17.7 Å². The fourth-order valence-electron chi connectivity index (χ4n) is 4.86. The molecule has 4 heterocycles. The number of hydrogen-bond acceptors (Lipinski definition) is 11. The topological polar surface area (TPSA) is 159 Å². The van der Waals surface area contributed by atoms with Crippen molar-refractivity contribution in [2.24, 2.45) is 0 Å². The molecule has 0 unspecified atom stereocenters. The Morgan fingerprint density at radius 2 is 1.90 bits per heavy atom. The standard InChI is InChI=1S/C25H25F2N9O4S2/c1-14(2)40-24(37)35-9-7-34(8-10-35)20-18-16-4-3-15(42(38,39)33-25(12-28)5-6-25)11-17(16)36(21(18)30-13-29-20)23-32-31-22(41-23)19(26)27/h3-4,11,13-14,19,33H,5-10H2,1-2H3. The molecule has 2 aliphatic rings. The number of carbonyl (C=O) groups is 1. The summed E-state index contributed by atoms with van der Waals surface area (Å²) in [7, 11) is -4.09. The van der Waals surface area contributed by atoms with Crippen molar-refractivity contribution in [2.45, 2.75) is 49.7 Å². The van der Waals surface area contributed by atoms with E-state index in [-0.39, 0.29) is 16.1 Å². The number of carbonyl (C=O) groups excluding carboxylic acids is 1. The van der Waals surface area contributed by atoms with Crippen LogP contribution in [0.5, 0.6) is 0 Å². The summed E-state index contributed by atoms with van der Waals surface area (Å²) in [6.45, 7) is 5.21. The maximum Gasteiger partial charge on any atom is 0.410 e. The van der Waals surface area contributed by atoms with E-state index in [4.69, 9.17) is 4.74 Å². The number of fused-ring (bicyclic) bond motifs is 3. The molecular weight excluding hydrogens is 592 g/mol. The summed E-state index contributed by atoms with van der Waals surface area (Å²) >= 11 is 0.666. The van der Waals surface area contributed by atoms with E-state index in [9.17, 15) is 27.3 Å². The van der Waals surface area contributed by atoms with Gasteiger partial charge >= 0.3 is 6.09 Å². The van der Waals surface area contributed by atoms with Crippen molar-refractivity contribution in [3.8, 4) is 11.2 Å². The van der Waals surface area contributed by atoms with Gasteiger partial charge in [-0.15, -0.1) is 10.2 Å². The van der Waals surface area contributed by atoms with E-state index >= 15 is 0 Å². The molecule has 4 aromatic rings. The number of rotatable bonds is 7. The zero-order chi connectivity index (χ0) is 29.8. The van der Waals surface area contributed by atoms with E-state index in [1.807, 2.05) is 11.0 Å². The number of sulfonamides is 1. The zero-order valence-corrected chi connectivity index (χ0v) is 24.1. The molecular formula is C25H25F2N9O4S2. The third-order valence-corrected chi connectivity index (χ3v) is 9.53. The fourth-order valence-corrected chi connectivity index (χ4v) is 6.97. The molecule has 220 valence electrons. The van der Waals surface area contributed by atoms with Crippen molar-refractivity contribution in [1.82, 2.24) is 34.4 Å². The van der Waals surface area contributed by atoms with Gasteiger partial charge in [-0.2, -0.15) is 9.98 Å². The Kier molecular flexibility index (Phi) is 6.94. The summed E-state index contributed by atoms with van der Waals surface area (Å²) < 4.78 is 62.7. The number of anilines is 1. The molecule has 0 spiro atoms. The largest absolute Gasteiger partial charge is 0.447 e. The van der Waals surface area contributed by atoms with Crippen molar-refractivity contribution in [3.05, 3.63) is 29.5 Å². The minimum Gasteiger partial charge on any atom is -0.447 e. The van der Waals surface area contributed by atoms with Gasteiger partial charge in [0.05, 0.1) is 28.0 Å². The number of benzene rings is 1. The average Bonchev–Trinajstić information content (AvgIpc) is 3.40. The van der Waals surface area contributed by atoms with E-state index < -0.39 is 33.1 Å². The molecule has 0 bridgehead atoms. The molecule has 1 saturated carbocycles. The molecule has 17 heteroatoms. The minimum absolute atomic E-state index is 0.0781. The van der Waals surface area contributed by atoms with E-state index in [1.165, 1.54) is 23.0 Å². The quantitative estimate of drug-likeness (QED) is 0.326. The number of alkyl halides is 2. The SMILES string of the molecule is CC(C)OC(=O)N1CCN(c2ncnc3c2c2ccc(S(=O)(=O)NC4(C#N)CC4)cc2n3-c2nnc(C(F)F)s2)CC1. The van der Waals surface area contributed by atoms with Gasteiger partial charge < -0.3 is 14.5 Å². The molecule has 0 radical (unpaired) electrons. The molecule has 1 aliphatic carbocycles. The highest BCUT2D eigenvalue weighted by molar-refractivity contribution is 7.89. The van der Waals surface area contributed by atoms with Crippen LogP contribution in [0.25, 0.3) is 27.1 Å². The van der Waals surface area contributed by atoms with E-state index in [2.05, 4.69) is 24.9 Å². The third kappa shape index (κ3) is 4.99. The van der Waals surface area contributed by atoms with Crippen molar-refractivity contribution in [2.75, 3.05) is 31.1 Å². The van der Waals surface area contributed by atoms with Gasteiger partial charge in [-0.3, -0.25) is 4.57 Å². The lowest BCUT2D eigenvalue weighted by Crippen LogP contribution is -2.49. The Morgan fingerprint density at radius 1 is 1.17 bits per heavy atom. The number of nitrogens with zero attached hydrogens (tertiary/aromatic N) is 8. The van der Waals surface area contributed by atoms with Crippen molar-refractivity contribution < 1.29 is 26.7 Å². The zero-order valence-electron chi connectivity index (χ0n) is 22.5. The highest BCUT2D eigenvalue weighted by Gasteiger charge is 2.47. The highest BCUT2D eigenvalue weighted by atomic mass is 32.2. The molecule has 3 aromatic heterocycles. The first-order valence-electron chi connectivity index (χ1n) is 13.1. The number of piperazine rings is 1. The monoisotopic (exact) mass is 617 g/mol. The second kappa shape index (κ2) is 10.4. The Bertz CT molecular complexity index is 1840. The number of ether oxygens (including phenoxy) is 1. The van der Waals surface area contributed by atoms with Crippen LogP contribution < -0.4 is 9.62 Å². The lowest BCUT2D eigenvalue weighted by molar-refractivity contribution is 0.0751. The molecule has 42 heavy (non-hydrogen) atoms. The molecule has 1 aromatic carbocycles. The summed E-state index contributed by atoms with van der Waals surface area (Å²) in [5.41, 5.74) is -0.465. The molecule has 0 atom stereocenters. The number of amides is 1. The van der Waals surface area contributed by atoms with Crippen LogP contribution in [0.3, 0.4) is 0 Å². The van der Waals surface area contributed by atoms with Crippen molar-refractivity contribution in [1.29, 1.82) is 5.26 Å². The van der Waals surface area contributed by atoms with Crippen LogP contribution in [0.1, 0.15) is 38.1 Å². The lowest BCUT2D eigenvalue weighted by atomic mass is 10.2. The lowest BCUT2D eigenvalue weighted by Gasteiger charge is -2.35. The predicted octanol–water partition coefficient (Wildman–Crippen LogP) is 3.36. The van der Waals surface area contributed by atoms with Gasteiger partial charge in [0, 0.05) is 31.6 Å². The first-order valence-corrected chi connectivity index (χ1v) is 15.4. The van der Waals surface area contributed by atoms with Crippen LogP contribution in [-0.4, -0.2) is 82.0 Å². The minimum atomic E-state index is -4.09. The summed E-state index contributed by atoms with van der Waals surface area (Å²) in [6, 6.07) is 6.44. The van der Waals surface area contributed by atoms with Crippen LogP contribution in [-0.2, 0) is 14.8 Å². The molecule has 6 rings (SSSR count). The van der Waals surface area contributed by atoms with Crippen LogP contribution in [0, 0.1) is 11.3 Å². The van der Waals surface area contributed by atoms with Crippen molar-refractivity contribution >= 4 is 55.2 Å². The van der Waals surface area contributed by atoms with E-state index in [0.717, 1.165) is 0 Å². The van der Waals surface area contributed by atoms with Gasteiger partial charge in [0.15, 0.2) is 10.7 Å². The van der Waals surface area contributed by atoms with Crippen molar-refractivity contribution in [3.63, 3.8) is 0 Å².